The first-order valence-corrected chi connectivity index (χ1v) is 10.1. The third kappa shape index (κ3) is 3.83. The first-order valence-electron chi connectivity index (χ1n) is 10.1. The number of benzene rings is 2. The zero-order valence-corrected chi connectivity index (χ0v) is 17.6. The highest BCUT2D eigenvalue weighted by Crippen LogP contribution is 2.29. The summed E-state index contributed by atoms with van der Waals surface area (Å²) in [5.41, 5.74) is 6.44. The molecule has 1 aromatic heterocycles. The van der Waals surface area contributed by atoms with Gasteiger partial charge in [0.2, 0.25) is 5.95 Å². The molecule has 0 unspecified atom stereocenters. The molecule has 0 fully saturated rings. The standard InChI is InChI=1S/C24H28N4O/c1-17-10-11-22(14-18(17)2)27-15-26(13-12-21-8-6-5-7-9-21)16-28-23(29)19(3)20(4)25-24(27)28/h5-11,14H,12-13,15-16H2,1-4H3. The molecule has 0 saturated heterocycles. The molecule has 0 N–H and O–H groups in total. The summed E-state index contributed by atoms with van der Waals surface area (Å²) in [7, 11) is 0. The summed E-state index contributed by atoms with van der Waals surface area (Å²) in [6.07, 6.45) is 0.948. The normalized spacial score (nSPS) is 14.1. The number of nitrogens with zero attached hydrogens (tertiary/aromatic N) is 4. The largest absolute Gasteiger partial charge is 0.298 e. The van der Waals surface area contributed by atoms with Crippen LogP contribution in [0.25, 0.3) is 0 Å². The fourth-order valence-electron chi connectivity index (χ4n) is 3.75. The predicted octanol–water partition coefficient (Wildman–Crippen LogP) is 4.09. The van der Waals surface area contributed by atoms with Crippen LogP contribution in [0.1, 0.15) is 27.9 Å². The van der Waals surface area contributed by atoms with E-state index in [0.717, 1.165) is 35.9 Å². The molecular formula is C24H28N4O. The maximum atomic E-state index is 13.0. The summed E-state index contributed by atoms with van der Waals surface area (Å²) >= 11 is 0. The van der Waals surface area contributed by atoms with Gasteiger partial charge in [-0.15, -0.1) is 0 Å². The number of aromatic nitrogens is 2. The number of rotatable bonds is 4. The molecule has 4 rings (SSSR count). The molecule has 0 atom stereocenters. The molecule has 0 spiro atoms. The summed E-state index contributed by atoms with van der Waals surface area (Å²) < 4.78 is 1.81. The van der Waals surface area contributed by atoms with Gasteiger partial charge in [-0.05, 0) is 62.9 Å². The molecule has 2 heterocycles. The second-order valence-corrected chi connectivity index (χ2v) is 7.96. The van der Waals surface area contributed by atoms with Crippen molar-refractivity contribution < 1.29 is 0 Å². The van der Waals surface area contributed by atoms with E-state index in [1.165, 1.54) is 16.7 Å². The van der Waals surface area contributed by atoms with Gasteiger partial charge in [0.15, 0.2) is 0 Å². The first-order chi connectivity index (χ1) is 13.9. The Kier molecular flexibility index (Phi) is 5.24. The van der Waals surface area contributed by atoms with Gasteiger partial charge in [0.25, 0.3) is 5.56 Å². The van der Waals surface area contributed by atoms with Crippen LogP contribution >= 0.6 is 0 Å². The zero-order valence-electron chi connectivity index (χ0n) is 17.6. The van der Waals surface area contributed by atoms with Crippen molar-refractivity contribution in [3.8, 4) is 0 Å². The second kappa shape index (κ2) is 7.84. The van der Waals surface area contributed by atoms with Crippen molar-refractivity contribution in [2.24, 2.45) is 0 Å². The van der Waals surface area contributed by atoms with Gasteiger partial charge in [0.1, 0.15) is 0 Å². The monoisotopic (exact) mass is 388 g/mol. The Balaban J connectivity index is 1.71. The number of aryl methyl sites for hydroxylation is 3. The number of fused-ring (bicyclic) bond motifs is 1. The van der Waals surface area contributed by atoms with Gasteiger partial charge in [-0.1, -0.05) is 36.4 Å². The molecule has 1 aliphatic rings. The van der Waals surface area contributed by atoms with Crippen molar-refractivity contribution in [2.45, 2.75) is 40.8 Å². The van der Waals surface area contributed by atoms with Crippen LogP contribution in [-0.2, 0) is 13.1 Å². The zero-order chi connectivity index (χ0) is 20.5. The Morgan fingerprint density at radius 1 is 0.931 bits per heavy atom. The van der Waals surface area contributed by atoms with Crippen LogP contribution in [0.2, 0.25) is 0 Å². The molecule has 0 radical (unpaired) electrons. The maximum Gasteiger partial charge on any atom is 0.259 e. The molecule has 1 aliphatic heterocycles. The molecular weight excluding hydrogens is 360 g/mol. The van der Waals surface area contributed by atoms with Gasteiger partial charge in [0, 0.05) is 23.5 Å². The van der Waals surface area contributed by atoms with E-state index < -0.39 is 0 Å². The van der Waals surface area contributed by atoms with E-state index in [-0.39, 0.29) is 5.56 Å². The lowest BCUT2D eigenvalue weighted by Gasteiger charge is -2.38. The van der Waals surface area contributed by atoms with E-state index in [0.29, 0.717) is 13.3 Å². The Morgan fingerprint density at radius 2 is 1.69 bits per heavy atom. The van der Waals surface area contributed by atoms with Crippen LogP contribution in [0.5, 0.6) is 0 Å². The molecule has 29 heavy (non-hydrogen) atoms. The van der Waals surface area contributed by atoms with Gasteiger partial charge in [-0.2, -0.15) is 0 Å². The predicted molar refractivity (Wildman–Crippen MR) is 118 cm³/mol. The minimum absolute atomic E-state index is 0.0470. The summed E-state index contributed by atoms with van der Waals surface area (Å²) in [4.78, 5) is 22.3. The average molecular weight is 389 g/mol. The molecule has 0 bridgehead atoms. The van der Waals surface area contributed by atoms with Gasteiger partial charge in [-0.25, -0.2) is 4.98 Å². The molecule has 0 saturated carbocycles. The number of anilines is 2. The lowest BCUT2D eigenvalue weighted by molar-refractivity contribution is 0.200. The van der Waals surface area contributed by atoms with Gasteiger partial charge in [0.05, 0.1) is 13.3 Å². The second-order valence-electron chi connectivity index (χ2n) is 7.96. The van der Waals surface area contributed by atoms with Crippen LogP contribution < -0.4 is 10.5 Å². The topological polar surface area (TPSA) is 41.4 Å². The Morgan fingerprint density at radius 3 is 2.41 bits per heavy atom. The molecule has 5 nitrogen and oxygen atoms in total. The van der Waals surface area contributed by atoms with Crippen LogP contribution in [0.15, 0.2) is 53.3 Å². The molecule has 150 valence electrons. The highest BCUT2D eigenvalue weighted by molar-refractivity contribution is 5.60. The van der Waals surface area contributed by atoms with E-state index >= 15 is 0 Å². The van der Waals surface area contributed by atoms with E-state index in [9.17, 15) is 4.79 Å². The smallest absolute Gasteiger partial charge is 0.259 e. The summed E-state index contributed by atoms with van der Waals surface area (Å²) in [6.45, 7) is 10.2. The first kappa shape index (κ1) is 19.4. The van der Waals surface area contributed by atoms with Crippen LogP contribution in [0.4, 0.5) is 11.6 Å². The third-order valence-corrected chi connectivity index (χ3v) is 5.90. The van der Waals surface area contributed by atoms with Crippen molar-refractivity contribution >= 4 is 11.6 Å². The minimum atomic E-state index is 0.0470. The average Bonchev–Trinajstić information content (AvgIpc) is 2.73. The lowest BCUT2D eigenvalue weighted by Crippen LogP contribution is -2.48. The Hall–Kier alpha value is -2.92. The Labute approximate surface area is 172 Å². The Bertz CT molecular complexity index is 1090. The lowest BCUT2D eigenvalue weighted by atomic mass is 10.1. The number of hydrogen-bond donors (Lipinski definition) is 0. The van der Waals surface area contributed by atoms with Gasteiger partial charge >= 0.3 is 0 Å². The van der Waals surface area contributed by atoms with E-state index in [1.54, 1.807) is 0 Å². The van der Waals surface area contributed by atoms with Crippen molar-refractivity contribution in [2.75, 3.05) is 18.1 Å². The molecule has 2 aromatic carbocycles. The summed E-state index contributed by atoms with van der Waals surface area (Å²) in [6, 6.07) is 16.9. The number of hydrogen-bond acceptors (Lipinski definition) is 4. The quantitative estimate of drug-likeness (QED) is 0.675. The summed E-state index contributed by atoms with van der Waals surface area (Å²) in [5, 5.41) is 0. The van der Waals surface area contributed by atoms with Gasteiger partial charge in [-0.3, -0.25) is 19.2 Å². The molecule has 5 heteroatoms. The van der Waals surface area contributed by atoms with E-state index in [1.807, 2.05) is 24.5 Å². The van der Waals surface area contributed by atoms with Crippen molar-refractivity contribution in [1.29, 1.82) is 0 Å². The van der Waals surface area contributed by atoms with Crippen molar-refractivity contribution in [3.05, 3.63) is 86.8 Å². The van der Waals surface area contributed by atoms with Crippen LogP contribution in [0, 0.1) is 27.7 Å². The van der Waals surface area contributed by atoms with Crippen LogP contribution in [0.3, 0.4) is 0 Å². The molecule has 0 aliphatic carbocycles. The fraction of sp³-hybridized carbons (Fsp3) is 0.333. The van der Waals surface area contributed by atoms with Gasteiger partial charge < -0.3 is 0 Å². The van der Waals surface area contributed by atoms with Crippen molar-refractivity contribution in [3.63, 3.8) is 0 Å². The molecule has 3 aromatic rings. The SMILES string of the molecule is Cc1ccc(N2CN(CCc3ccccc3)Cn3c2nc(C)c(C)c3=O)cc1C. The summed E-state index contributed by atoms with van der Waals surface area (Å²) in [5.74, 6) is 0.734. The molecule has 0 amide bonds. The highest BCUT2D eigenvalue weighted by atomic mass is 16.1. The van der Waals surface area contributed by atoms with E-state index in [4.69, 9.17) is 4.98 Å². The van der Waals surface area contributed by atoms with E-state index in [2.05, 4.69) is 66.1 Å². The highest BCUT2D eigenvalue weighted by Gasteiger charge is 2.27. The third-order valence-electron chi connectivity index (χ3n) is 5.90. The van der Waals surface area contributed by atoms with Crippen LogP contribution in [-0.4, -0.2) is 27.7 Å². The maximum absolute atomic E-state index is 13.0. The fourth-order valence-corrected chi connectivity index (χ4v) is 3.75. The van der Waals surface area contributed by atoms with Crippen molar-refractivity contribution in [1.82, 2.24) is 14.5 Å². The minimum Gasteiger partial charge on any atom is -0.298 e.